The van der Waals surface area contributed by atoms with Crippen LogP contribution < -0.4 is 16.0 Å². The predicted octanol–water partition coefficient (Wildman–Crippen LogP) is 3.86. The summed E-state index contributed by atoms with van der Waals surface area (Å²) in [6.07, 6.45) is 0. The molecule has 0 bridgehead atoms. The van der Waals surface area contributed by atoms with Crippen LogP contribution in [0.1, 0.15) is 29.7 Å². The minimum atomic E-state index is -0.242. The molecule has 29 heavy (non-hydrogen) atoms. The molecule has 0 aromatic heterocycles. The molecule has 150 valence electrons. The zero-order valence-corrected chi connectivity index (χ0v) is 17.1. The second kappa shape index (κ2) is 9.34. The number of fused-ring (bicyclic) bond motifs is 1. The molecule has 3 aromatic rings. The van der Waals surface area contributed by atoms with Crippen molar-refractivity contribution in [3.8, 4) is 0 Å². The maximum atomic E-state index is 12.2. The lowest BCUT2D eigenvalue weighted by atomic mass is 10.00. The van der Waals surface area contributed by atoms with E-state index < -0.39 is 0 Å². The van der Waals surface area contributed by atoms with Crippen molar-refractivity contribution in [2.75, 3.05) is 18.4 Å². The van der Waals surface area contributed by atoms with E-state index in [1.807, 2.05) is 57.2 Å². The molecule has 3 aromatic carbocycles. The number of aryl methyl sites for hydroxylation is 1. The number of hydrogen-bond acceptors (Lipinski definition) is 3. The van der Waals surface area contributed by atoms with E-state index in [-0.39, 0.29) is 30.9 Å². The van der Waals surface area contributed by atoms with Gasteiger partial charge >= 0.3 is 0 Å². The second-order valence-electron chi connectivity index (χ2n) is 7.24. The second-order valence-corrected chi connectivity index (χ2v) is 7.24. The SMILES string of the molecule is Cc1cccc(NC(=O)CNC(=O)CN[C@@H](C)c2cccc3ccccc23)c1C. The Hall–Kier alpha value is -3.18. The van der Waals surface area contributed by atoms with Crippen LogP contribution in [-0.4, -0.2) is 24.9 Å². The Morgan fingerprint density at radius 2 is 1.59 bits per heavy atom. The van der Waals surface area contributed by atoms with Crippen LogP contribution in [0.15, 0.2) is 60.7 Å². The van der Waals surface area contributed by atoms with E-state index in [1.165, 1.54) is 10.8 Å². The number of nitrogens with one attached hydrogen (secondary N) is 3. The van der Waals surface area contributed by atoms with Gasteiger partial charge < -0.3 is 16.0 Å². The van der Waals surface area contributed by atoms with Crippen molar-refractivity contribution in [2.24, 2.45) is 0 Å². The molecule has 0 spiro atoms. The molecule has 0 unspecified atom stereocenters. The summed E-state index contributed by atoms with van der Waals surface area (Å²) in [5.41, 5.74) is 4.05. The molecular formula is C24H27N3O2. The molecule has 0 aliphatic rings. The Bertz CT molecular complexity index is 1020. The van der Waals surface area contributed by atoms with Crippen molar-refractivity contribution >= 4 is 28.3 Å². The van der Waals surface area contributed by atoms with Gasteiger partial charge in [-0.1, -0.05) is 54.6 Å². The molecular weight excluding hydrogens is 362 g/mol. The summed E-state index contributed by atoms with van der Waals surface area (Å²) in [6, 6.07) is 20.1. The molecule has 0 saturated carbocycles. The van der Waals surface area contributed by atoms with Crippen LogP contribution >= 0.6 is 0 Å². The average molecular weight is 389 g/mol. The average Bonchev–Trinajstić information content (AvgIpc) is 2.73. The van der Waals surface area contributed by atoms with Crippen molar-refractivity contribution in [2.45, 2.75) is 26.8 Å². The monoisotopic (exact) mass is 389 g/mol. The molecule has 0 aliphatic carbocycles. The Labute approximate surface area is 171 Å². The minimum absolute atomic E-state index is 0.00983. The van der Waals surface area contributed by atoms with E-state index in [0.29, 0.717) is 0 Å². The molecule has 3 N–H and O–H groups in total. The summed E-state index contributed by atoms with van der Waals surface area (Å²) in [4.78, 5) is 24.3. The summed E-state index contributed by atoms with van der Waals surface area (Å²) >= 11 is 0. The summed E-state index contributed by atoms with van der Waals surface area (Å²) in [5.74, 6) is -0.456. The molecule has 0 fully saturated rings. The van der Waals surface area contributed by atoms with Gasteiger partial charge in [0.05, 0.1) is 13.1 Å². The molecule has 2 amide bonds. The van der Waals surface area contributed by atoms with Gasteiger partial charge in [0.25, 0.3) is 0 Å². The summed E-state index contributed by atoms with van der Waals surface area (Å²) in [6.45, 7) is 6.07. The van der Waals surface area contributed by atoms with Crippen LogP contribution in [0.25, 0.3) is 10.8 Å². The Morgan fingerprint density at radius 1 is 0.862 bits per heavy atom. The maximum Gasteiger partial charge on any atom is 0.243 e. The quantitative estimate of drug-likeness (QED) is 0.575. The molecule has 0 heterocycles. The highest BCUT2D eigenvalue weighted by Crippen LogP contribution is 2.23. The van der Waals surface area contributed by atoms with Crippen molar-refractivity contribution < 1.29 is 9.59 Å². The van der Waals surface area contributed by atoms with Gasteiger partial charge in [0, 0.05) is 11.7 Å². The van der Waals surface area contributed by atoms with Crippen molar-refractivity contribution in [3.05, 3.63) is 77.4 Å². The Balaban J connectivity index is 1.49. The van der Waals surface area contributed by atoms with E-state index in [2.05, 4.69) is 40.2 Å². The summed E-state index contributed by atoms with van der Waals surface area (Å²) in [7, 11) is 0. The van der Waals surface area contributed by atoms with Crippen LogP contribution in [0, 0.1) is 13.8 Å². The first-order valence-electron chi connectivity index (χ1n) is 9.79. The molecule has 0 radical (unpaired) electrons. The highest BCUT2D eigenvalue weighted by molar-refractivity contribution is 5.95. The normalized spacial score (nSPS) is 11.8. The van der Waals surface area contributed by atoms with Gasteiger partial charge in [0.1, 0.15) is 0 Å². The smallest absolute Gasteiger partial charge is 0.243 e. The van der Waals surface area contributed by atoms with E-state index in [9.17, 15) is 9.59 Å². The molecule has 0 saturated heterocycles. The number of carbonyl (C=O) groups excluding carboxylic acids is 2. The van der Waals surface area contributed by atoms with Gasteiger partial charge in [0.2, 0.25) is 11.8 Å². The highest BCUT2D eigenvalue weighted by Gasteiger charge is 2.12. The van der Waals surface area contributed by atoms with Crippen molar-refractivity contribution in [1.82, 2.24) is 10.6 Å². The van der Waals surface area contributed by atoms with Gasteiger partial charge in [-0.05, 0) is 54.3 Å². The first-order chi connectivity index (χ1) is 14.0. The van der Waals surface area contributed by atoms with Gasteiger partial charge in [-0.3, -0.25) is 9.59 Å². The predicted molar refractivity (Wildman–Crippen MR) is 118 cm³/mol. The number of rotatable bonds is 7. The van der Waals surface area contributed by atoms with Gasteiger partial charge in [-0.2, -0.15) is 0 Å². The Morgan fingerprint density at radius 3 is 2.41 bits per heavy atom. The number of hydrogen-bond donors (Lipinski definition) is 3. The third kappa shape index (κ3) is 5.21. The number of anilines is 1. The van der Waals surface area contributed by atoms with Crippen molar-refractivity contribution in [1.29, 1.82) is 0 Å². The van der Waals surface area contributed by atoms with Gasteiger partial charge in [-0.25, -0.2) is 0 Å². The van der Waals surface area contributed by atoms with Crippen LogP contribution in [0.2, 0.25) is 0 Å². The van der Waals surface area contributed by atoms with E-state index in [0.717, 1.165) is 22.4 Å². The zero-order valence-electron chi connectivity index (χ0n) is 17.1. The third-order valence-corrected chi connectivity index (χ3v) is 5.18. The fraction of sp³-hybridized carbons (Fsp3) is 0.250. The summed E-state index contributed by atoms with van der Waals surface area (Å²) in [5, 5.41) is 11.1. The highest BCUT2D eigenvalue weighted by atomic mass is 16.2. The van der Waals surface area contributed by atoms with Gasteiger partial charge in [-0.15, -0.1) is 0 Å². The first-order valence-corrected chi connectivity index (χ1v) is 9.79. The van der Waals surface area contributed by atoms with Gasteiger partial charge in [0.15, 0.2) is 0 Å². The van der Waals surface area contributed by atoms with Crippen LogP contribution in [0.5, 0.6) is 0 Å². The number of benzene rings is 3. The maximum absolute atomic E-state index is 12.2. The molecule has 1 atom stereocenters. The zero-order chi connectivity index (χ0) is 20.8. The van der Waals surface area contributed by atoms with Crippen LogP contribution in [-0.2, 0) is 9.59 Å². The van der Waals surface area contributed by atoms with E-state index >= 15 is 0 Å². The number of amides is 2. The largest absolute Gasteiger partial charge is 0.346 e. The number of carbonyl (C=O) groups is 2. The molecule has 5 nitrogen and oxygen atoms in total. The van der Waals surface area contributed by atoms with E-state index in [1.54, 1.807) is 0 Å². The van der Waals surface area contributed by atoms with Crippen LogP contribution in [0.4, 0.5) is 5.69 Å². The lowest BCUT2D eigenvalue weighted by Crippen LogP contribution is -2.39. The van der Waals surface area contributed by atoms with Crippen molar-refractivity contribution in [3.63, 3.8) is 0 Å². The minimum Gasteiger partial charge on any atom is -0.346 e. The molecule has 0 aliphatic heterocycles. The van der Waals surface area contributed by atoms with E-state index in [4.69, 9.17) is 0 Å². The fourth-order valence-electron chi connectivity index (χ4n) is 3.31. The van der Waals surface area contributed by atoms with Crippen LogP contribution in [0.3, 0.4) is 0 Å². The molecule has 3 rings (SSSR count). The lowest BCUT2D eigenvalue weighted by molar-refractivity contribution is -0.123. The fourth-order valence-corrected chi connectivity index (χ4v) is 3.31. The topological polar surface area (TPSA) is 70.2 Å². The standard InChI is InChI=1S/C24H27N3O2/c1-16-8-6-13-22(17(16)2)27-24(29)15-26-23(28)14-25-18(3)20-12-7-10-19-9-4-5-11-21(19)20/h4-13,18,25H,14-15H2,1-3H3,(H,26,28)(H,27,29)/t18-/m0/s1. The Kier molecular flexibility index (Phi) is 6.62. The third-order valence-electron chi connectivity index (χ3n) is 5.18. The molecule has 5 heteroatoms. The lowest BCUT2D eigenvalue weighted by Gasteiger charge is -2.16. The first kappa shape index (κ1) is 20.6. The summed E-state index contributed by atoms with van der Waals surface area (Å²) < 4.78 is 0.